The van der Waals surface area contributed by atoms with Crippen molar-refractivity contribution in [3.63, 3.8) is 0 Å². The van der Waals surface area contributed by atoms with Gasteiger partial charge in [0.05, 0.1) is 0 Å². The molecule has 18 heavy (non-hydrogen) atoms. The molecule has 1 saturated carbocycles. The Balaban J connectivity index is 1.88. The van der Waals surface area contributed by atoms with E-state index in [-0.39, 0.29) is 0 Å². The fourth-order valence-corrected chi connectivity index (χ4v) is 2.10. The average molecular weight is 247 g/mol. The molecule has 0 bridgehead atoms. The second kappa shape index (κ2) is 6.74. The van der Waals surface area contributed by atoms with Crippen LogP contribution < -0.4 is 10.6 Å². The van der Waals surface area contributed by atoms with Crippen molar-refractivity contribution in [2.75, 3.05) is 11.9 Å². The van der Waals surface area contributed by atoms with Gasteiger partial charge in [0.1, 0.15) is 5.82 Å². The number of nitrogens with zero attached hydrogens (tertiary/aromatic N) is 1. The number of hydrogen-bond acceptors (Lipinski definition) is 3. The molecule has 0 saturated heterocycles. The van der Waals surface area contributed by atoms with E-state index in [2.05, 4.69) is 35.5 Å². The Labute approximate surface area is 110 Å². The van der Waals surface area contributed by atoms with Gasteiger partial charge in [-0.05, 0) is 24.8 Å². The third-order valence-electron chi connectivity index (χ3n) is 3.76. The summed E-state index contributed by atoms with van der Waals surface area (Å²) in [4.78, 5) is 4.47. The highest BCUT2D eigenvalue weighted by atomic mass is 15.0. The first-order valence-corrected chi connectivity index (χ1v) is 7.24. The van der Waals surface area contributed by atoms with Crippen molar-refractivity contribution in [3.8, 4) is 0 Å². The Morgan fingerprint density at radius 3 is 2.78 bits per heavy atom. The van der Waals surface area contributed by atoms with Crippen molar-refractivity contribution < 1.29 is 0 Å². The quantitative estimate of drug-likeness (QED) is 0.741. The third-order valence-corrected chi connectivity index (χ3v) is 3.76. The van der Waals surface area contributed by atoms with Crippen molar-refractivity contribution in [2.24, 2.45) is 5.92 Å². The largest absolute Gasteiger partial charge is 0.370 e. The molecule has 1 heterocycles. The summed E-state index contributed by atoms with van der Waals surface area (Å²) in [6.07, 6.45) is 6.99. The van der Waals surface area contributed by atoms with Gasteiger partial charge in [-0.25, -0.2) is 4.98 Å². The minimum absolute atomic E-state index is 0.747. The molecule has 0 amide bonds. The Morgan fingerprint density at radius 2 is 2.11 bits per heavy atom. The molecule has 2 rings (SSSR count). The summed E-state index contributed by atoms with van der Waals surface area (Å²) < 4.78 is 0. The van der Waals surface area contributed by atoms with Crippen LogP contribution in [0.1, 0.15) is 45.1 Å². The zero-order valence-electron chi connectivity index (χ0n) is 11.6. The molecule has 0 unspecified atom stereocenters. The zero-order chi connectivity index (χ0) is 12.8. The molecule has 1 aromatic rings. The summed E-state index contributed by atoms with van der Waals surface area (Å²) in [6, 6.07) is 4.93. The van der Waals surface area contributed by atoms with Crippen LogP contribution in [0.5, 0.6) is 0 Å². The van der Waals surface area contributed by atoms with E-state index in [1.54, 1.807) is 0 Å². The highest BCUT2D eigenvalue weighted by molar-refractivity contribution is 5.43. The van der Waals surface area contributed by atoms with E-state index in [9.17, 15) is 0 Å². The molecule has 0 spiro atoms. The van der Waals surface area contributed by atoms with Crippen molar-refractivity contribution in [1.29, 1.82) is 0 Å². The molecule has 0 aliphatic heterocycles. The molecule has 0 atom stereocenters. The maximum Gasteiger partial charge on any atom is 0.130 e. The molecule has 0 radical (unpaired) electrons. The van der Waals surface area contributed by atoms with Crippen LogP contribution in [0, 0.1) is 5.92 Å². The van der Waals surface area contributed by atoms with Crippen molar-refractivity contribution >= 4 is 5.82 Å². The van der Waals surface area contributed by atoms with E-state index >= 15 is 0 Å². The van der Waals surface area contributed by atoms with Gasteiger partial charge in [0.2, 0.25) is 0 Å². The van der Waals surface area contributed by atoms with Crippen LogP contribution >= 0.6 is 0 Å². The van der Waals surface area contributed by atoms with Crippen LogP contribution in [0.4, 0.5) is 5.82 Å². The summed E-state index contributed by atoms with van der Waals surface area (Å²) >= 11 is 0. The van der Waals surface area contributed by atoms with E-state index in [0.29, 0.717) is 0 Å². The minimum atomic E-state index is 0.747. The van der Waals surface area contributed by atoms with E-state index in [1.165, 1.54) is 31.2 Å². The summed E-state index contributed by atoms with van der Waals surface area (Å²) in [7, 11) is 0. The first-order chi connectivity index (χ1) is 8.83. The number of nitrogens with one attached hydrogen (secondary N) is 2. The maximum atomic E-state index is 4.47. The second-order valence-corrected chi connectivity index (χ2v) is 5.23. The molecule has 3 nitrogen and oxygen atoms in total. The first kappa shape index (κ1) is 13.3. The maximum absolute atomic E-state index is 4.47. The lowest BCUT2D eigenvalue weighted by Crippen LogP contribution is -2.19. The van der Waals surface area contributed by atoms with Gasteiger partial charge in [0, 0.05) is 30.9 Å². The van der Waals surface area contributed by atoms with Gasteiger partial charge in [-0.1, -0.05) is 32.8 Å². The van der Waals surface area contributed by atoms with Gasteiger partial charge >= 0.3 is 0 Å². The molecule has 1 fully saturated rings. The number of anilines is 1. The lowest BCUT2D eigenvalue weighted by Gasteiger charge is -2.16. The Bertz CT molecular complexity index is 357. The first-order valence-electron chi connectivity index (χ1n) is 7.24. The van der Waals surface area contributed by atoms with Crippen molar-refractivity contribution in [3.05, 3.63) is 23.9 Å². The molecule has 1 aromatic heterocycles. The average Bonchev–Trinajstić information content (AvgIpc) is 3.23. The Morgan fingerprint density at radius 1 is 1.33 bits per heavy atom. The van der Waals surface area contributed by atoms with Gasteiger partial charge in [0.15, 0.2) is 0 Å². The fraction of sp³-hybridized carbons (Fsp3) is 0.667. The normalized spacial score (nSPS) is 15.1. The molecular weight excluding hydrogens is 222 g/mol. The Hall–Kier alpha value is -1.09. The minimum Gasteiger partial charge on any atom is -0.370 e. The number of aromatic nitrogens is 1. The zero-order valence-corrected chi connectivity index (χ0v) is 11.6. The van der Waals surface area contributed by atoms with Gasteiger partial charge in [-0.3, -0.25) is 0 Å². The van der Waals surface area contributed by atoms with Crippen LogP contribution in [0.2, 0.25) is 0 Å². The lowest BCUT2D eigenvalue weighted by atomic mass is 10.0. The monoisotopic (exact) mass is 247 g/mol. The molecule has 2 N–H and O–H groups in total. The summed E-state index contributed by atoms with van der Waals surface area (Å²) in [5, 5.41) is 7.06. The van der Waals surface area contributed by atoms with E-state index in [0.717, 1.165) is 30.9 Å². The molecular formula is C15H25N3. The Kier molecular flexibility index (Phi) is 5.00. The summed E-state index contributed by atoms with van der Waals surface area (Å²) in [5.41, 5.74) is 1.29. The smallest absolute Gasteiger partial charge is 0.130 e. The second-order valence-electron chi connectivity index (χ2n) is 5.23. The van der Waals surface area contributed by atoms with E-state index in [4.69, 9.17) is 0 Å². The highest BCUT2D eigenvalue weighted by Gasteiger charge is 2.20. The van der Waals surface area contributed by atoms with Crippen molar-refractivity contribution in [1.82, 2.24) is 10.3 Å². The van der Waals surface area contributed by atoms with E-state index < -0.39 is 0 Å². The molecule has 3 heteroatoms. The van der Waals surface area contributed by atoms with Gasteiger partial charge in [0.25, 0.3) is 0 Å². The van der Waals surface area contributed by atoms with Gasteiger partial charge in [-0.15, -0.1) is 0 Å². The van der Waals surface area contributed by atoms with Gasteiger partial charge in [-0.2, -0.15) is 0 Å². The third kappa shape index (κ3) is 3.98. The molecule has 1 aliphatic carbocycles. The SMILES string of the molecule is CCC(CC)CNc1ncccc1CNC1CC1. The predicted octanol–water partition coefficient (Wildman–Crippen LogP) is 3.18. The summed E-state index contributed by atoms with van der Waals surface area (Å²) in [6.45, 7) is 6.47. The fourth-order valence-electron chi connectivity index (χ4n) is 2.10. The predicted molar refractivity (Wildman–Crippen MR) is 76.7 cm³/mol. The van der Waals surface area contributed by atoms with Crippen LogP contribution in [0.3, 0.4) is 0 Å². The standard InChI is InChI=1S/C15H25N3/c1-3-12(4-2)10-18-15-13(6-5-9-16-15)11-17-14-7-8-14/h5-6,9,12,14,17H,3-4,7-8,10-11H2,1-2H3,(H,16,18). The van der Waals surface area contributed by atoms with Crippen LogP contribution in [0.25, 0.3) is 0 Å². The summed E-state index contributed by atoms with van der Waals surface area (Å²) in [5.74, 6) is 1.80. The van der Waals surface area contributed by atoms with Crippen molar-refractivity contribution in [2.45, 2.75) is 52.1 Å². The number of hydrogen-bond donors (Lipinski definition) is 2. The van der Waals surface area contributed by atoms with E-state index in [1.807, 2.05) is 12.3 Å². The molecule has 100 valence electrons. The van der Waals surface area contributed by atoms with Crippen LogP contribution in [-0.2, 0) is 6.54 Å². The van der Waals surface area contributed by atoms with Gasteiger partial charge < -0.3 is 10.6 Å². The molecule has 1 aliphatic rings. The lowest BCUT2D eigenvalue weighted by molar-refractivity contribution is 0.518. The molecule has 0 aromatic carbocycles. The highest BCUT2D eigenvalue weighted by Crippen LogP contribution is 2.21. The number of rotatable bonds is 8. The number of pyridine rings is 1. The topological polar surface area (TPSA) is 37.0 Å². The van der Waals surface area contributed by atoms with Crippen LogP contribution in [0.15, 0.2) is 18.3 Å². The van der Waals surface area contributed by atoms with Crippen LogP contribution in [-0.4, -0.2) is 17.6 Å².